The number of carbonyl (C=O) groups is 2. The Bertz CT molecular complexity index is 164. The van der Waals surface area contributed by atoms with Crippen LogP contribution in [0.2, 0.25) is 0 Å². The van der Waals surface area contributed by atoms with Crippen molar-refractivity contribution in [3.05, 3.63) is 6.92 Å². The standard InChI is InChI=1S/C7H11O3S2.W/c1-3-6(8)5-11-12-7(9)10-4-2;/h1,3-5H2,2H3;/q-1;. The van der Waals surface area contributed by atoms with Gasteiger partial charge in [0.25, 0.3) is 0 Å². The van der Waals surface area contributed by atoms with Gasteiger partial charge in [0.15, 0.2) is 0 Å². The second-order valence-electron chi connectivity index (χ2n) is 1.82. The number of carbonyl (C=O) groups excluding carboxylic acids is 2. The van der Waals surface area contributed by atoms with Crippen molar-refractivity contribution in [3.8, 4) is 0 Å². The Balaban J connectivity index is 0. The molecule has 0 radical (unpaired) electrons. The maximum absolute atomic E-state index is 10.7. The summed E-state index contributed by atoms with van der Waals surface area (Å²) in [5.41, 5.74) is 0. The van der Waals surface area contributed by atoms with Gasteiger partial charge in [0.1, 0.15) is 5.78 Å². The zero-order chi connectivity index (χ0) is 9.40. The van der Waals surface area contributed by atoms with E-state index in [1.165, 1.54) is 10.8 Å². The van der Waals surface area contributed by atoms with Gasteiger partial charge >= 0.3 is 5.30 Å². The SMILES string of the molecule is [CH2-]CC(=O)CSSC(=O)OCC.[W]. The summed E-state index contributed by atoms with van der Waals surface area (Å²) in [5, 5.41) is -0.348. The summed E-state index contributed by atoms with van der Waals surface area (Å²) in [6.07, 6.45) is 0.274. The molecular formula is C7H11O3S2W-. The summed E-state index contributed by atoms with van der Waals surface area (Å²) in [6.45, 7) is 5.54. The topological polar surface area (TPSA) is 43.4 Å². The molecule has 0 amide bonds. The number of ether oxygens (including phenoxy) is 1. The van der Waals surface area contributed by atoms with Gasteiger partial charge in [0, 0.05) is 31.9 Å². The normalized spacial score (nSPS) is 8.77. The summed E-state index contributed by atoms with van der Waals surface area (Å²) in [6, 6.07) is 0. The van der Waals surface area contributed by atoms with Crippen LogP contribution >= 0.6 is 21.6 Å². The minimum atomic E-state index is -0.348. The average Bonchev–Trinajstić information content (AvgIpc) is 2.04. The quantitative estimate of drug-likeness (QED) is 0.409. The third kappa shape index (κ3) is 10.4. The minimum Gasteiger partial charge on any atom is -0.457 e. The molecule has 0 aromatic carbocycles. The number of Topliss-reactive ketones (excluding diaryl/α,β-unsaturated/α-hetero) is 1. The summed E-state index contributed by atoms with van der Waals surface area (Å²) >= 11 is 0. The van der Waals surface area contributed by atoms with E-state index in [1.807, 2.05) is 0 Å². The van der Waals surface area contributed by atoms with Crippen molar-refractivity contribution in [3.63, 3.8) is 0 Å². The van der Waals surface area contributed by atoms with E-state index in [0.717, 1.165) is 10.8 Å². The molecule has 0 aromatic heterocycles. The summed E-state index contributed by atoms with van der Waals surface area (Å²) in [7, 11) is 2.14. The summed E-state index contributed by atoms with van der Waals surface area (Å²) in [5.74, 6) is 0.351. The van der Waals surface area contributed by atoms with Gasteiger partial charge in [0.2, 0.25) is 0 Å². The van der Waals surface area contributed by atoms with E-state index >= 15 is 0 Å². The largest absolute Gasteiger partial charge is 0.457 e. The molecule has 76 valence electrons. The zero-order valence-corrected chi connectivity index (χ0v) is 11.8. The first-order valence-electron chi connectivity index (χ1n) is 3.47. The Morgan fingerprint density at radius 2 is 2.08 bits per heavy atom. The van der Waals surface area contributed by atoms with Crippen LogP contribution in [0.1, 0.15) is 13.3 Å². The zero-order valence-electron chi connectivity index (χ0n) is 7.28. The molecule has 0 atom stereocenters. The first kappa shape index (κ1) is 16.0. The third-order valence-corrected chi connectivity index (χ3v) is 2.81. The van der Waals surface area contributed by atoms with Crippen molar-refractivity contribution in [2.24, 2.45) is 0 Å². The Kier molecular flexibility index (Phi) is 13.0. The third-order valence-electron chi connectivity index (χ3n) is 0.888. The van der Waals surface area contributed by atoms with Crippen molar-refractivity contribution in [2.45, 2.75) is 13.3 Å². The van der Waals surface area contributed by atoms with Gasteiger partial charge in [-0.25, -0.2) is 4.79 Å². The van der Waals surface area contributed by atoms with E-state index in [-0.39, 0.29) is 38.6 Å². The predicted octanol–water partition coefficient (Wildman–Crippen LogP) is 2.32. The average molecular weight is 391 g/mol. The second kappa shape index (κ2) is 10.6. The van der Waals surface area contributed by atoms with Gasteiger partial charge in [-0.1, -0.05) is 10.8 Å². The van der Waals surface area contributed by atoms with E-state index in [1.54, 1.807) is 6.92 Å². The van der Waals surface area contributed by atoms with E-state index in [2.05, 4.69) is 11.7 Å². The maximum Gasteiger partial charge on any atom is 0.378 e. The van der Waals surface area contributed by atoms with Gasteiger partial charge < -0.3 is 16.5 Å². The van der Waals surface area contributed by atoms with Gasteiger partial charge in [0.05, 0.1) is 12.4 Å². The van der Waals surface area contributed by atoms with Crippen LogP contribution in [-0.2, 0) is 30.6 Å². The van der Waals surface area contributed by atoms with Crippen molar-refractivity contribution >= 4 is 32.7 Å². The van der Waals surface area contributed by atoms with E-state index in [4.69, 9.17) is 0 Å². The van der Waals surface area contributed by atoms with Crippen molar-refractivity contribution < 1.29 is 35.4 Å². The molecule has 0 spiro atoms. The second-order valence-corrected chi connectivity index (χ2v) is 4.05. The molecule has 0 unspecified atom stereocenters. The molecule has 0 aliphatic rings. The van der Waals surface area contributed by atoms with E-state index in [0.29, 0.717) is 12.4 Å². The summed E-state index contributed by atoms with van der Waals surface area (Å²) < 4.78 is 4.63. The van der Waals surface area contributed by atoms with Gasteiger partial charge in [-0.15, -0.1) is 6.42 Å². The molecule has 0 N–H and O–H groups in total. The molecule has 6 heteroatoms. The Hall–Kier alpha value is 0.528. The Morgan fingerprint density at radius 1 is 1.46 bits per heavy atom. The fourth-order valence-electron chi connectivity index (χ4n) is 0.357. The molecule has 0 fully saturated rings. The number of ketones is 1. The van der Waals surface area contributed by atoms with Crippen LogP contribution in [0.15, 0.2) is 0 Å². The first-order chi connectivity index (χ1) is 5.70. The van der Waals surface area contributed by atoms with Crippen molar-refractivity contribution in [1.82, 2.24) is 0 Å². The molecule has 0 aliphatic heterocycles. The molecule has 3 nitrogen and oxygen atoms in total. The van der Waals surface area contributed by atoms with Crippen LogP contribution in [0.25, 0.3) is 0 Å². The van der Waals surface area contributed by atoms with E-state index < -0.39 is 0 Å². The van der Waals surface area contributed by atoms with Crippen molar-refractivity contribution in [1.29, 1.82) is 0 Å². The predicted molar refractivity (Wildman–Crippen MR) is 52.1 cm³/mol. The Morgan fingerprint density at radius 3 is 2.54 bits per heavy atom. The van der Waals surface area contributed by atoms with Crippen LogP contribution in [0.3, 0.4) is 0 Å². The van der Waals surface area contributed by atoms with Gasteiger partial charge in [-0.3, -0.25) is 0 Å². The minimum absolute atomic E-state index is 0. The molecule has 0 rings (SSSR count). The smallest absolute Gasteiger partial charge is 0.378 e. The van der Waals surface area contributed by atoms with Crippen LogP contribution in [0, 0.1) is 6.92 Å². The fraction of sp³-hybridized carbons (Fsp3) is 0.571. The molecule has 13 heavy (non-hydrogen) atoms. The molecule has 0 bridgehead atoms. The summed E-state index contributed by atoms with van der Waals surface area (Å²) in [4.78, 5) is 21.4. The van der Waals surface area contributed by atoms with Crippen LogP contribution in [0.5, 0.6) is 0 Å². The van der Waals surface area contributed by atoms with Crippen LogP contribution in [-0.4, -0.2) is 23.4 Å². The first-order valence-corrected chi connectivity index (χ1v) is 5.79. The number of hydrogen-bond donors (Lipinski definition) is 0. The Labute approximate surface area is 100 Å². The van der Waals surface area contributed by atoms with Gasteiger partial charge in [-0.05, 0) is 6.92 Å². The number of rotatable bonds is 5. The fourth-order valence-corrected chi connectivity index (χ4v) is 1.96. The number of hydrogen-bond acceptors (Lipinski definition) is 5. The molecule has 0 saturated carbocycles. The monoisotopic (exact) mass is 391 g/mol. The van der Waals surface area contributed by atoms with Crippen molar-refractivity contribution in [2.75, 3.05) is 12.4 Å². The molecular weight excluding hydrogens is 380 g/mol. The molecule has 0 aliphatic carbocycles. The molecule has 0 aromatic rings. The van der Waals surface area contributed by atoms with Gasteiger partial charge in [-0.2, -0.15) is 0 Å². The molecule has 0 saturated heterocycles. The van der Waals surface area contributed by atoms with E-state index in [9.17, 15) is 9.59 Å². The van der Waals surface area contributed by atoms with Crippen LogP contribution < -0.4 is 0 Å². The van der Waals surface area contributed by atoms with Crippen LogP contribution in [0.4, 0.5) is 4.79 Å². The molecule has 0 heterocycles. The maximum atomic E-state index is 10.7.